The molecule has 140 valence electrons. The molecule has 0 spiro atoms. The van der Waals surface area contributed by atoms with Crippen molar-refractivity contribution in [1.82, 2.24) is 9.55 Å². The third-order valence-electron chi connectivity index (χ3n) is 5.74. The molecular weight excluding hydrogens is 328 g/mol. The zero-order valence-electron chi connectivity index (χ0n) is 16.5. The first-order chi connectivity index (χ1) is 13.4. The van der Waals surface area contributed by atoms with Gasteiger partial charge in [0, 0.05) is 17.3 Å². The van der Waals surface area contributed by atoms with E-state index in [-0.39, 0.29) is 0 Å². The Hall–Kier alpha value is -2.35. The molecule has 27 heavy (non-hydrogen) atoms. The van der Waals surface area contributed by atoms with Crippen molar-refractivity contribution in [2.45, 2.75) is 64.8 Å². The van der Waals surface area contributed by atoms with E-state index in [1.165, 1.54) is 78.4 Å². The minimum Gasteiger partial charge on any atom is -0.330 e. The summed E-state index contributed by atoms with van der Waals surface area (Å²) in [6.45, 7) is 3.34. The topological polar surface area (TPSA) is 17.8 Å². The Morgan fingerprint density at radius 2 is 1.22 bits per heavy atom. The van der Waals surface area contributed by atoms with Gasteiger partial charge in [-0.05, 0) is 17.2 Å². The molecule has 2 nitrogen and oxygen atoms in total. The fourth-order valence-corrected chi connectivity index (χ4v) is 4.30. The van der Waals surface area contributed by atoms with Crippen LogP contribution in [0.25, 0.3) is 32.6 Å². The lowest BCUT2D eigenvalue weighted by Gasteiger charge is -2.10. The van der Waals surface area contributed by atoms with E-state index < -0.39 is 0 Å². The molecule has 3 aromatic carbocycles. The molecular formula is C25H30N2. The van der Waals surface area contributed by atoms with Gasteiger partial charge >= 0.3 is 0 Å². The van der Waals surface area contributed by atoms with Crippen LogP contribution in [0.3, 0.4) is 0 Å². The minimum absolute atomic E-state index is 1.06. The van der Waals surface area contributed by atoms with Crippen LogP contribution in [-0.2, 0) is 6.54 Å². The number of hydrogen-bond acceptors (Lipinski definition) is 1. The van der Waals surface area contributed by atoms with Crippen molar-refractivity contribution < 1.29 is 0 Å². The number of rotatable bonds is 9. The summed E-state index contributed by atoms with van der Waals surface area (Å²) in [7, 11) is 0. The Kier molecular flexibility index (Phi) is 5.72. The highest BCUT2D eigenvalue weighted by Crippen LogP contribution is 2.34. The molecule has 0 saturated carbocycles. The SMILES string of the molecule is CCCCCCCCCCn1cnc2c3ccccc3c3ccccc3c21. The molecule has 0 aliphatic rings. The highest BCUT2D eigenvalue weighted by Gasteiger charge is 2.12. The summed E-state index contributed by atoms with van der Waals surface area (Å²) in [6.07, 6.45) is 12.9. The van der Waals surface area contributed by atoms with Gasteiger partial charge in [-0.25, -0.2) is 4.98 Å². The third-order valence-corrected chi connectivity index (χ3v) is 5.74. The van der Waals surface area contributed by atoms with E-state index in [9.17, 15) is 0 Å². The number of aryl methyl sites for hydroxylation is 1. The van der Waals surface area contributed by atoms with Crippen LogP contribution in [0.4, 0.5) is 0 Å². The van der Waals surface area contributed by atoms with E-state index in [2.05, 4.69) is 60.0 Å². The van der Waals surface area contributed by atoms with Gasteiger partial charge in [0.1, 0.15) is 0 Å². The lowest BCUT2D eigenvalue weighted by Crippen LogP contribution is -1.97. The van der Waals surface area contributed by atoms with Crippen LogP contribution >= 0.6 is 0 Å². The fraction of sp³-hybridized carbons (Fsp3) is 0.400. The first kappa shape index (κ1) is 18.0. The first-order valence-electron chi connectivity index (χ1n) is 10.6. The van der Waals surface area contributed by atoms with Gasteiger partial charge in [-0.15, -0.1) is 0 Å². The monoisotopic (exact) mass is 358 g/mol. The van der Waals surface area contributed by atoms with E-state index in [0.717, 1.165) is 12.1 Å². The summed E-state index contributed by atoms with van der Waals surface area (Å²) >= 11 is 0. The maximum Gasteiger partial charge on any atom is 0.0969 e. The van der Waals surface area contributed by atoms with Gasteiger partial charge in [-0.1, -0.05) is 100 Å². The average Bonchev–Trinajstić information content (AvgIpc) is 3.15. The van der Waals surface area contributed by atoms with Crippen molar-refractivity contribution in [3.63, 3.8) is 0 Å². The van der Waals surface area contributed by atoms with Crippen LogP contribution < -0.4 is 0 Å². The lowest BCUT2D eigenvalue weighted by molar-refractivity contribution is 0.548. The van der Waals surface area contributed by atoms with E-state index in [1.54, 1.807) is 0 Å². The molecule has 0 fully saturated rings. The third kappa shape index (κ3) is 3.71. The average molecular weight is 359 g/mol. The molecule has 0 amide bonds. The maximum absolute atomic E-state index is 4.81. The van der Waals surface area contributed by atoms with Crippen LogP contribution in [0.15, 0.2) is 54.9 Å². The molecule has 0 bridgehead atoms. The summed E-state index contributed by atoms with van der Waals surface area (Å²) in [5, 5.41) is 5.22. The van der Waals surface area contributed by atoms with Crippen molar-refractivity contribution in [1.29, 1.82) is 0 Å². The maximum atomic E-state index is 4.81. The second-order valence-corrected chi connectivity index (χ2v) is 7.70. The Labute approximate surface area is 162 Å². The summed E-state index contributed by atoms with van der Waals surface area (Å²) in [6, 6.07) is 17.4. The Morgan fingerprint density at radius 3 is 1.93 bits per heavy atom. The van der Waals surface area contributed by atoms with Crippen molar-refractivity contribution >= 4 is 32.6 Å². The standard InChI is InChI=1S/C25H30N2/c1-2-3-4-5-6-7-8-13-18-27-19-26-24-22-16-11-9-14-20(22)21-15-10-12-17-23(21)25(24)27/h9-12,14-17,19H,2-8,13,18H2,1H3. The normalized spacial score (nSPS) is 11.7. The molecule has 0 radical (unpaired) electrons. The lowest BCUT2D eigenvalue weighted by atomic mass is 10.00. The predicted octanol–water partition coefficient (Wildman–Crippen LogP) is 7.48. The number of benzene rings is 3. The molecule has 4 rings (SSSR count). The smallest absolute Gasteiger partial charge is 0.0969 e. The Morgan fingerprint density at radius 1 is 0.667 bits per heavy atom. The zero-order chi connectivity index (χ0) is 18.5. The molecule has 0 aliphatic carbocycles. The number of unbranched alkanes of at least 4 members (excludes halogenated alkanes) is 7. The van der Waals surface area contributed by atoms with Crippen LogP contribution in [0.1, 0.15) is 58.3 Å². The summed E-state index contributed by atoms with van der Waals surface area (Å²) in [4.78, 5) is 4.81. The summed E-state index contributed by atoms with van der Waals surface area (Å²) < 4.78 is 2.38. The molecule has 2 heteroatoms. The highest BCUT2D eigenvalue weighted by atomic mass is 15.0. The van der Waals surface area contributed by atoms with E-state index in [0.29, 0.717) is 0 Å². The van der Waals surface area contributed by atoms with Crippen molar-refractivity contribution in [3.8, 4) is 0 Å². The number of nitrogens with zero attached hydrogens (tertiary/aromatic N) is 2. The molecule has 0 aliphatic heterocycles. The number of hydrogen-bond donors (Lipinski definition) is 0. The van der Waals surface area contributed by atoms with Gasteiger partial charge < -0.3 is 4.57 Å². The van der Waals surface area contributed by atoms with Crippen LogP contribution in [0, 0.1) is 0 Å². The van der Waals surface area contributed by atoms with Crippen LogP contribution in [0.2, 0.25) is 0 Å². The Bertz CT molecular complexity index is 1030. The van der Waals surface area contributed by atoms with Gasteiger partial charge in [-0.2, -0.15) is 0 Å². The van der Waals surface area contributed by atoms with Gasteiger partial charge in [-0.3, -0.25) is 0 Å². The van der Waals surface area contributed by atoms with Crippen molar-refractivity contribution in [3.05, 3.63) is 54.9 Å². The molecule has 1 heterocycles. The largest absolute Gasteiger partial charge is 0.330 e. The number of fused-ring (bicyclic) bond motifs is 6. The van der Waals surface area contributed by atoms with Crippen LogP contribution in [0.5, 0.6) is 0 Å². The fourth-order valence-electron chi connectivity index (χ4n) is 4.30. The molecule has 0 unspecified atom stereocenters. The van der Waals surface area contributed by atoms with Crippen molar-refractivity contribution in [2.24, 2.45) is 0 Å². The molecule has 0 N–H and O–H groups in total. The van der Waals surface area contributed by atoms with Crippen LogP contribution in [-0.4, -0.2) is 9.55 Å². The Balaban J connectivity index is 1.55. The highest BCUT2D eigenvalue weighted by molar-refractivity contribution is 6.23. The number of imidazole rings is 1. The first-order valence-corrected chi connectivity index (χ1v) is 10.6. The second kappa shape index (κ2) is 8.56. The minimum atomic E-state index is 1.06. The van der Waals surface area contributed by atoms with Gasteiger partial charge in [0.15, 0.2) is 0 Å². The van der Waals surface area contributed by atoms with E-state index in [4.69, 9.17) is 4.98 Å². The molecule has 0 saturated heterocycles. The van der Waals surface area contributed by atoms with Crippen molar-refractivity contribution in [2.75, 3.05) is 0 Å². The number of aromatic nitrogens is 2. The zero-order valence-corrected chi connectivity index (χ0v) is 16.5. The predicted molar refractivity (Wildman–Crippen MR) is 117 cm³/mol. The molecule has 4 aromatic rings. The molecule has 1 aromatic heterocycles. The second-order valence-electron chi connectivity index (χ2n) is 7.70. The summed E-state index contributed by atoms with van der Waals surface area (Å²) in [5.41, 5.74) is 2.44. The summed E-state index contributed by atoms with van der Waals surface area (Å²) in [5.74, 6) is 0. The van der Waals surface area contributed by atoms with E-state index in [1.807, 2.05) is 6.33 Å². The molecule has 0 atom stereocenters. The van der Waals surface area contributed by atoms with E-state index >= 15 is 0 Å². The van der Waals surface area contributed by atoms with Gasteiger partial charge in [0.25, 0.3) is 0 Å². The van der Waals surface area contributed by atoms with Gasteiger partial charge in [0.05, 0.1) is 17.4 Å². The quantitative estimate of drug-likeness (QED) is 0.224. The van der Waals surface area contributed by atoms with Gasteiger partial charge in [0.2, 0.25) is 0 Å².